The summed E-state index contributed by atoms with van der Waals surface area (Å²) in [7, 11) is 0. The van der Waals surface area contributed by atoms with Crippen molar-refractivity contribution >= 4 is 23.3 Å². The van der Waals surface area contributed by atoms with Gasteiger partial charge in [-0.2, -0.15) is 13.2 Å². The number of Topliss-reactive ketones (excluding diaryl/α,β-unsaturated/α-hetero) is 1. The number of rotatable bonds is 5. The first-order chi connectivity index (χ1) is 17.6. The molecule has 1 N–H and O–H groups in total. The van der Waals surface area contributed by atoms with Gasteiger partial charge in [-0.1, -0.05) is 74.9 Å². The van der Waals surface area contributed by atoms with Crippen LogP contribution in [-0.4, -0.2) is 28.8 Å². The molecule has 8 heteroatoms. The summed E-state index contributed by atoms with van der Waals surface area (Å²) in [5.74, 6) is 1.09. The maximum absolute atomic E-state index is 13.0. The minimum Gasteiger partial charge on any atom is -0.362 e. The molecule has 0 spiro atoms. The Bertz CT molecular complexity index is 1120. The van der Waals surface area contributed by atoms with E-state index in [2.05, 4.69) is 25.4 Å². The third kappa shape index (κ3) is 7.62. The minimum absolute atomic E-state index is 0.0459. The van der Waals surface area contributed by atoms with Gasteiger partial charge >= 0.3 is 6.18 Å². The van der Waals surface area contributed by atoms with Gasteiger partial charge in [-0.05, 0) is 63.7 Å². The van der Waals surface area contributed by atoms with Crippen LogP contribution in [0.1, 0.15) is 70.9 Å². The highest BCUT2D eigenvalue weighted by Gasteiger charge is 2.42. The molecule has 0 radical (unpaired) electrons. The molecule has 3 atom stereocenters. The van der Waals surface area contributed by atoms with Gasteiger partial charge in [0.1, 0.15) is 5.82 Å². The zero-order chi connectivity index (χ0) is 28.8. The van der Waals surface area contributed by atoms with Crippen LogP contribution in [0, 0.1) is 12.8 Å². The second-order valence-corrected chi connectivity index (χ2v) is 10.7. The Kier molecular flexibility index (Phi) is 10.6. The van der Waals surface area contributed by atoms with Gasteiger partial charge in [-0.15, -0.1) is 0 Å². The Morgan fingerprint density at radius 3 is 2.45 bits per heavy atom. The minimum atomic E-state index is -4.43. The number of nitrogens with one attached hydrogen (secondary N) is 1. The first-order valence-electron chi connectivity index (χ1n) is 12.8. The van der Waals surface area contributed by atoms with Crippen LogP contribution in [0.2, 0.25) is 5.02 Å². The molecule has 1 aromatic carbocycles. The average molecular weight is 551 g/mol. The van der Waals surface area contributed by atoms with E-state index >= 15 is 0 Å². The van der Waals surface area contributed by atoms with E-state index in [1.54, 1.807) is 0 Å². The molecule has 0 aromatic heterocycles. The van der Waals surface area contributed by atoms with E-state index < -0.39 is 23.1 Å². The van der Waals surface area contributed by atoms with E-state index in [1.807, 2.05) is 36.9 Å². The Morgan fingerprint density at radius 2 is 1.95 bits per heavy atom. The largest absolute Gasteiger partial charge is 0.416 e. The van der Waals surface area contributed by atoms with Gasteiger partial charge in [-0.25, -0.2) is 0 Å². The van der Waals surface area contributed by atoms with E-state index in [1.165, 1.54) is 26.7 Å². The van der Waals surface area contributed by atoms with Crippen molar-refractivity contribution in [2.45, 2.75) is 84.5 Å². The summed E-state index contributed by atoms with van der Waals surface area (Å²) < 4.78 is 36.7. The highest BCUT2D eigenvalue weighted by Crippen LogP contribution is 2.39. The molecule has 2 aliphatic rings. The van der Waals surface area contributed by atoms with Crippen LogP contribution < -0.4 is 5.32 Å². The molecule has 1 aromatic rings. The van der Waals surface area contributed by atoms with Crippen molar-refractivity contribution in [3.05, 3.63) is 82.7 Å². The van der Waals surface area contributed by atoms with E-state index in [0.29, 0.717) is 18.2 Å². The summed E-state index contributed by atoms with van der Waals surface area (Å²) in [6, 6.07) is 6.26. The number of carbonyl (C=O) groups is 2. The van der Waals surface area contributed by atoms with Gasteiger partial charge in [0.25, 0.3) is 0 Å². The summed E-state index contributed by atoms with van der Waals surface area (Å²) in [6.45, 7) is 16.2. The summed E-state index contributed by atoms with van der Waals surface area (Å²) in [4.78, 5) is 25.7. The van der Waals surface area contributed by atoms with E-state index in [-0.39, 0.29) is 17.5 Å². The van der Waals surface area contributed by atoms with Crippen LogP contribution in [-0.2, 0) is 15.1 Å². The number of allylic oxidation sites excluding steroid dienone is 5. The van der Waals surface area contributed by atoms with Crippen molar-refractivity contribution in [2.24, 2.45) is 5.92 Å². The van der Waals surface area contributed by atoms with Crippen molar-refractivity contribution in [2.75, 3.05) is 0 Å². The monoisotopic (exact) mass is 550 g/mol. The maximum Gasteiger partial charge on any atom is 0.416 e. The second kappa shape index (κ2) is 12.8. The number of halogens is 4. The number of hydrogen-bond donors (Lipinski definition) is 1. The lowest BCUT2D eigenvalue weighted by atomic mass is 9.82. The Hall–Kier alpha value is -2.80. The first kappa shape index (κ1) is 31.4. The van der Waals surface area contributed by atoms with Gasteiger partial charge in [0.2, 0.25) is 5.91 Å². The number of aryl methyl sites for hydroxylation is 1. The normalized spacial score (nSPS) is 24.8. The highest BCUT2D eigenvalue weighted by molar-refractivity contribution is 6.32. The molecule has 2 fully saturated rings. The summed E-state index contributed by atoms with van der Waals surface area (Å²) >= 11 is 6.52. The van der Waals surface area contributed by atoms with Gasteiger partial charge in [0.15, 0.2) is 5.78 Å². The molecule has 1 aliphatic carbocycles. The number of hydrogen-bond acceptors (Lipinski definition) is 3. The molecule has 4 nitrogen and oxygen atoms in total. The Morgan fingerprint density at radius 1 is 1.29 bits per heavy atom. The molecule has 1 saturated carbocycles. The molecule has 208 valence electrons. The summed E-state index contributed by atoms with van der Waals surface area (Å²) in [5.41, 5.74) is 0.598. The number of ketones is 1. The highest BCUT2D eigenvalue weighted by atomic mass is 35.5. The molecule has 0 bridgehead atoms. The molecular formula is C30H38ClF3N2O2. The van der Waals surface area contributed by atoms with E-state index in [4.69, 9.17) is 11.6 Å². The van der Waals surface area contributed by atoms with Crippen molar-refractivity contribution in [3.63, 3.8) is 0 Å². The van der Waals surface area contributed by atoms with E-state index in [9.17, 15) is 22.8 Å². The molecule has 1 heterocycles. The lowest BCUT2D eigenvalue weighted by Crippen LogP contribution is -2.57. The smallest absolute Gasteiger partial charge is 0.362 e. The fourth-order valence-corrected chi connectivity index (χ4v) is 5.39. The molecule has 3 unspecified atom stereocenters. The van der Waals surface area contributed by atoms with Crippen LogP contribution in [0.5, 0.6) is 0 Å². The number of benzene rings is 1. The van der Waals surface area contributed by atoms with Crippen LogP contribution in [0.25, 0.3) is 0 Å². The molecular weight excluding hydrogens is 513 g/mol. The zero-order valence-electron chi connectivity index (χ0n) is 22.8. The van der Waals surface area contributed by atoms with Crippen LogP contribution in [0.3, 0.4) is 0 Å². The zero-order valence-corrected chi connectivity index (χ0v) is 23.6. The van der Waals surface area contributed by atoms with Crippen molar-refractivity contribution in [1.29, 1.82) is 0 Å². The van der Waals surface area contributed by atoms with Crippen LogP contribution in [0.4, 0.5) is 13.2 Å². The molecule has 1 aliphatic heterocycles. The van der Waals surface area contributed by atoms with Gasteiger partial charge < -0.3 is 5.32 Å². The fraction of sp³-hybridized carbons (Fsp3) is 0.467. The molecule has 38 heavy (non-hydrogen) atoms. The number of nitrogens with zero attached hydrogens (tertiary/aromatic N) is 1. The topological polar surface area (TPSA) is 49.4 Å². The van der Waals surface area contributed by atoms with Crippen LogP contribution in [0.15, 0.2) is 66.6 Å². The Labute approximate surface area is 229 Å². The van der Waals surface area contributed by atoms with Gasteiger partial charge in [0.05, 0.1) is 17.5 Å². The number of amides is 1. The average Bonchev–Trinajstić information content (AvgIpc) is 2.80. The van der Waals surface area contributed by atoms with Crippen LogP contribution >= 0.6 is 11.6 Å². The molecule has 1 saturated heterocycles. The summed E-state index contributed by atoms with van der Waals surface area (Å²) in [5, 5.41) is 4.23. The van der Waals surface area contributed by atoms with Gasteiger partial charge in [-0.3, -0.25) is 14.5 Å². The quantitative estimate of drug-likeness (QED) is 0.299. The molecule has 3 rings (SSSR count). The first-order valence-corrected chi connectivity index (χ1v) is 13.2. The summed E-state index contributed by atoms with van der Waals surface area (Å²) in [6.07, 6.45) is 3.35. The Balaban J connectivity index is 0.000000312. The van der Waals surface area contributed by atoms with Crippen molar-refractivity contribution < 1.29 is 22.8 Å². The third-order valence-corrected chi connectivity index (χ3v) is 7.62. The third-order valence-electron chi connectivity index (χ3n) is 7.12. The number of alkyl halides is 3. The maximum atomic E-state index is 13.0. The number of carbonyl (C=O) groups excluding carboxylic acids is 2. The van der Waals surface area contributed by atoms with Gasteiger partial charge in [0, 0.05) is 16.6 Å². The fourth-order valence-electron chi connectivity index (χ4n) is 5.06. The SMILES string of the molecule is C=C/C(=C\C(=C/C)C(F)(F)F)C(C)=O.C=C1NC(C)(c2cccc(C)c2Cl)CC(=O)N1C1CCCC(C)C1. The predicted molar refractivity (Wildman–Crippen MR) is 147 cm³/mol. The lowest BCUT2D eigenvalue weighted by Gasteiger charge is -2.47. The second-order valence-electron chi connectivity index (χ2n) is 10.3. The van der Waals surface area contributed by atoms with E-state index in [0.717, 1.165) is 47.2 Å². The van der Waals surface area contributed by atoms with Crippen molar-refractivity contribution in [3.8, 4) is 0 Å². The van der Waals surface area contributed by atoms with Crippen molar-refractivity contribution in [1.82, 2.24) is 10.2 Å². The molecule has 1 amide bonds. The standard InChI is InChI=1S/C20H27ClN2O.C10H11F3O/c1-13-7-5-9-16(11-13)23-15(3)22-20(4,12-18(23)24)17-10-6-8-14(2)19(17)21;1-4-8(7(3)14)6-9(5-2)10(11,12)13/h6,8,10,13,16,22H,3,5,7,9,11-12H2,1-2,4H3;4-6H,1H2,2-3H3/b;8-6+,9-5+. The predicted octanol–water partition coefficient (Wildman–Crippen LogP) is 7.93. The lowest BCUT2D eigenvalue weighted by molar-refractivity contribution is -0.137.